The Hall–Kier alpha value is -1.36. The molecule has 2 rings (SSSR count). The molecule has 20 heavy (non-hydrogen) atoms. The Kier molecular flexibility index (Phi) is 3.91. The molecule has 0 atom stereocenters. The van der Waals surface area contributed by atoms with Gasteiger partial charge in [0.05, 0.1) is 5.56 Å². The molecule has 0 saturated heterocycles. The summed E-state index contributed by atoms with van der Waals surface area (Å²) in [6, 6.07) is 3.24. The van der Waals surface area contributed by atoms with E-state index in [0.29, 0.717) is 11.1 Å². The first-order valence-electron chi connectivity index (χ1n) is 6.71. The van der Waals surface area contributed by atoms with Crippen LogP contribution in [0.3, 0.4) is 0 Å². The van der Waals surface area contributed by atoms with Crippen molar-refractivity contribution < 1.29 is 18.0 Å². The number of hydrogen-bond acceptors (Lipinski definition) is 2. The number of benzene rings is 1. The number of ketones is 1. The molecule has 1 aromatic rings. The summed E-state index contributed by atoms with van der Waals surface area (Å²) >= 11 is 0. The first-order chi connectivity index (χ1) is 9.21. The van der Waals surface area contributed by atoms with E-state index in [-0.39, 0.29) is 12.2 Å². The van der Waals surface area contributed by atoms with Crippen LogP contribution < -0.4 is 5.73 Å². The minimum atomic E-state index is -4.38. The van der Waals surface area contributed by atoms with Gasteiger partial charge in [0.15, 0.2) is 5.78 Å². The highest BCUT2D eigenvalue weighted by molar-refractivity contribution is 5.98. The number of hydrogen-bond donors (Lipinski definition) is 1. The Morgan fingerprint density at radius 2 is 1.90 bits per heavy atom. The summed E-state index contributed by atoms with van der Waals surface area (Å²) in [6.07, 6.45) is -0.547. The first-order valence-corrected chi connectivity index (χ1v) is 6.71. The van der Waals surface area contributed by atoms with Gasteiger partial charge in [-0.05, 0) is 37.5 Å². The van der Waals surface area contributed by atoms with Gasteiger partial charge in [-0.25, -0.2) is 0 Å². The third-order valence-corrected chi connectivity index (χ3v) is 3.97. The Labute approximate surface area is 116 Å². The van der Waals surface area contributed by atoms with Gasteiger partial charge in [-0.3, -0.25) is 4.79 Å². The summed E-state index contributed by atoms with van der Waals surface area (Å²) in [5.74, 6) is -0.166. The number of carbonyl (C=O) groups is 1. The van der Waals surface area contributed by atoms with Crippen LogP contribution in [0.15, 0.2) is 18.2 Å². The van der Waals surface area contributed by atoms with Gasteiger partial charge in [-0.2, -0.15) is 13.2 Å². The van der Waals surface area contributed by atoms with Crippen molar-refractivity contribution in [1.29, 1.82) is 0 Å². The van der Waals surface area contributed by atoms with Crippen LogP contribution in [0.2, 0.25) is 0 Å². The van der Waals surface area contributed by atoms with E-state index in [0.717, 1.165) is 37.8 Å². The molecule has 2 N–H and O–H groups in total. The van der Waals surface area contributed by atoms with Crippen molar-refractivity contribution in [2.75, 3.05) is 0 Å². The molecule has 0 unspecified atom stereocenters. The van der Waals surface area contributed by atoms with E-state index in [1.54, 1.807) is 0 Å². The second-order valence-corrected chi connectivity index (χ2v) is 5.70. The maximum absolute atomic E-state index is 12.6. The lowest BCUT2D eigenvalue weighted by Crippen LogP contribution is -2.38. The number of rotatable bonds is 3. The summed E-state index contributed by atoms with van der Waals surface area (Å²) in [5, 5.41) is 0. The summed E-state index contributed by atoms with van der Waals surface area (Å²) in [4.78, 5) is 12.2. The molecule has 1 aromatic carbocycles. The van der Waals surface area contributed by atoms with Crippen LogP contribution in [0.25, 0.3) is 0 Å². The topological polar surface area (TPSA) is 43.1 Å². The standard InChI is InChI=1S/C15H18F3NO/c1-10-8-11(15(16,17)18)4-5-12(10)13(20)9-14(19)6-2-3-7-14/h4-5,8H,2-3,6-7,9,19H2,1H3. The molecule has 1 fully saturated rings. The largest absolute Gasteiger partial charge is 0.416 e. The number of Topliss-reactive ketones (excluding diaryl/α,β-unsaturated/α-hetero) is 1. The zero-order chi connectivity index (χ0) is 15.0. The number of alkyl halides is 3. The average Bonchev–Trinajstić information content (AvgIpc) is 2.74. The highest BCUT2D eigenvalue weighted by atomic mass is 19.4. The van der Waals surface area contributed by atoms with E-state index in [9.17, 15) is 18.0 Å². The van der Waals surface area contributed by atoms with Gasteiger partial charge in [0.2, 0.25) is 0 Å². The van der Waals surface area contributed by atoms with Crippen LogP contribution in [0.1, 0.15) is 53.6 Å². The molecule has 0 bridgehead atoms. The SMILES string of the molecule is Cc1cc(C(F)(F)F)ccc1C(=O)CC1(N)CCCC1. The minimum Gasteiger partial charge on any atom is -0.325 e. The lowest BCUT2D eigenvalue weighted by molar-refractivity contribution is -0.137. The van der Waals surface area contributed by atoms with Gasteiger partial charge >= 0.3 is 6.18 Å². The van der Waals surface area contributed by atoms with Crippen LogP contribution in [0.4, 0.5) is 13.2 Å². The third-order valence-electron chi connectivity index (χ3n) is 3.97. The normalized spacial score (nSPS) is 18.2. The van der Waals surface area contributed by atoms with Crippen molar-refractivity contribution >= 4 is 5.78 Å². The highest BCUT2D eigenvalue weighted by Gasteiger charge is 2.34. The monoisotopic (exact) mass is 285 g/mol. The van der Waals surface area contributed by atoms with Gasteiger partial charge < -0.3 is 5.73 Å². The van der Waals surface area contributed by atoms with Crippen molar-refractivity contribution in [2.45, 2.75) is 50.7 Å². The zero-order valence-electron chi connectivity index (χ0n) is 11.4. The molecular weight excluding hydrogens is 267 g/mol. The smallest absolute Gasteiger partial charge is 0.325 e. The number of halogens is 3. The van der Waals surface area contributed by atoms with Gasteiger partial charge in [-0.1, -0.05) is 18.9 Å². The fraction of sp³-hybridized carbons (Fsp3) is 0.533. The molecule has 0 spiro atoms. The number of aryl methyl sites for hydroxylation is 1. The Balaban J connectivity index is 2.18. The van der Waals surface area contributed by atoms with Crippen LogP contribution in [-0.2, 0) is 6.18 Å². The van der Waals surface area contributed by atoms with Crippen LogP contribution in [0.5, 0.6) is 0 Å². The minimum absolute atomic E-state index is 0.166. The van der Waals surface area contributed by atoms with Crippen molar-refractivity contribution in [3.8, 4) is 0 Å². The van der Waals surface area contributed by atoms with Crippen LogP contribution >= 0.6 is 0 Å². The predicted molar refractivity (Wildman–Crippen MR) is 70.5 cm³/mol. The van der Waals surface area contributed by atoms with Gasteiger partial charge in [0.25, 0.3) is 0 Å². The summed E-state index contributed by atoms with van der Waals surface area (Å²) < 4.78 is 37.8. The molecule has 0 aromatic heterocycles. The predicted octanol–water partition coefficient (Wildman–Crippen LogP) is 3.86. The van der Waals surface area contributed by atoms with Crippen molar-refractivity contribution in [3.63, 3.8) is 0 Å². The third kappa shape index (κ3) is 3.20. The van der Waals surface area contributed by atoms with Gasteiger partial charge in [-0.15, -0.1) is 0 Å². The van der Waals surface area contributed by atoms with Gasteiger partial charge in [0, 0.05) is 17.5 Å². The molecule has 1 saturated carbocycles. The quantitative estimate of drug-likeness (QED) is 0.857. The molecule has 110 valence electrons. The summed E-state index contributed by atoms with van der Waals surface area (Å²) in [5.41, 5.74) is 5.63. The summed E-state index contributed by atoms with van der Waals surface area (Å²) in [7, 11) is 0. The maximum atomic E-state index is 12.6. The Morgan fingerprint density at radius 3 is 2.40 bits per heavy atom. The van der Waals surface area contributed by atoms with E-state index in [2.05, 4.69) is 0 Å². The molecule has 0 amide bonds. The molecule has 0 heterocycles. The second kappa shape index (κ2) is 5.20. The fourth-order valence-electron chi connectivity index (χ4n) is 2.82. The van der Waals surface area contributed by atoms with Crippen LogP contribution in [-0.4, -0.2) is 11.3 Å². The molecule has 0 radical (unpaired) electrons. The average molecular weight is 285 g/mol. The van der Waals surface area contributed by atoms with Gasteiger partial charge in [0.1, 0.15) is 0 Å². The molecule has 2 nitrogen and oxygen atoms in total. The van der Waals surface area contributed by atoms with E-state index in [1.807, 2.05) is 0 Å². The molecule has 1 aliphatic carbocycles. The molecule has 0 aliphatic heterocycles. The van der Waals surface area contributed by atoms with E-state index in [4.69, 9.17) is 5.73 Å². The highest BCUT2D eigenvalue weighted by Crippen LogP contribution is 2.33. The Bertz CT molecular complexity index is 516. The van der Waals surface area contributed by atoms with Crippen molar-refractivity contribution in [3.05, 3.63) is 34.9 Å². The molecule has 1 aliphatic rings. The molecule has 5 heteroatoms. The van der Waals surface area contributed by atoms with E-state index < -0.39 is 17.3 Å². The lowest BCUT2D eigenvalue weighted by atomic mass is 9.88. The van der Waals surface area contributed by atoms with Crippen molar-refractivity contribution in [1.82, 2.24) is 0 Å². The first kappa shape index (κ1) is 15.0. The van der Waals surface area contributed by atoms with Crippen LogP contribution in [0, 0.1) is 6.92 Å². The van der Waals surface area contributed by atoms with E-state index in [1.165, 1.54) is 13.0 Å². The fourth-order valence-corrected chi connectivity index (χ4v) is 2.82. The number of nitrogens with two attached hydrogens (primary N) is 1. The van der Waals surface area contributed by atoms with Crippen molar-refractivity contribution in [2.24, 2.45) is 5.73 Å². The molecular formula is C15H18F3NO. The maximum Gasteiger partial charge on any atom is 0.416 e. The number of carbonyl (C=O) groups excluding carboxylic acids is 1. The lowest BCUT2D eigenvalue weighted by Gasteiger charge is -2.23. The summed E-state index contributed by atoms with van der Waals surface area (Å²) in [6.45, 7) is 1.53. The second-order valence-electron chi connectivity index (χ2n) is 5.70. The zero-order valence-corrected chi connectivity index (χ0v) is 11.4. The Morgan fingerprint density at radius 1 is 1.30 bits per heavy atom. The van der Waals surface area contributed by atoms with E-state index >= 15 is 0 Å².